The lowest BCUT2D eigenvalue weighted by Crippen LogP contribution is -2.15. The summed E-state index contributed by atoms with van der Waals surface area (Å²) in [6.07, 6.45) is 0. The fourth-order valence-corrected chi connectivity index (χ4v) is 4.00. The summed E-state index contributed by atoms with van der Waals surface area (Å²) in [4.78, 5) is 11.6. The first-order chi connectivity index (χ1) is 16.7. The van der Waals surface area contributed by atoms with Crippen molar-refractivity contribution >= 4 is 23.0 Å². The number of ether oxygens (including phenoxy) is 1. The van der Waals surface area contributed by atoms with Gasteiger partial charge < -0.3 is 15.2 Å². The topological polar surface area (TPSA) is 58.6 Å². The van der Waals surface area contributed by atoms with Gasteiger partial charge in [-0.15, -0.1) is 0 Å². The van der Waals surface area contributed by atoms with E-state index in [4.69, 9.17) is 4.74 Å². The Labute approximate surface area is 204 Å². The van der Waals surface area contributed by atoms with Crippen molar-refractivity contribution in [3.8, 4) is 5.75 Å². The minimum atomic E-state index is -1.03. The SMILES string of the molecule is C=C1C(C)=C(c2ccc(F)c(F)c2)Oc2c1cc(C)cc2C(C)Nc1ccccc1C(=O)O.CC. The molecule has 4 nitrogen and oxygen atoms in total. The summed E-state index contributed by atoms with van der Waals surface area (Å²) in [5, 5.41) is 12.8. The maximum Gasteiger partial charge on any atom is 0.337 e. The maximum atomic E-state index is 13.9. The van der Waals surface area contributed by atoms with E-state index in [1.54, 1.807) is 18.2 Å². The number of anilines is 1. The summed E-state index contributed by atoms with van der Waals surface area (Å²) in [5.41, 5.74) is 5.07. The molecule has 1 unspecified atom stereocenters. The fourth-order valence-electron chi connectivity index (χ4n) is 4.00. The van der Waals surface area contributed by atoms with Gasteiger partial charge in [0.2, 0.25) is 0 Å². The predicted octanol–water partition coefficient (Wildman–Crippen LogP) is 8.01. The lowest BCUT2D eigenvalue weighted by atomic mass is 9.89. The Morgan fingerprint density at radius 1 is 1.03 bits per heavy atom. The number of hydrogen-bond donors (Lipinski definition) is 2. The van der Waals surface area contributed by atoms with Crippen molar-refractivity contribution in [2.45, 2.75) is 40.7 Å². The second kappa shape index (κ2) is 10.6. The Kier molecular flexibility index (Phi) is 7.75. The van der Waals surface area contributed by atoms with Crippen molar-refractivity contribution in [2.75, 3.05) is 5.32 Å². The zero-order valence-electron chi connectivity index (χ0n) is 20.5. The van der Waals surface area contributed by atoms with Crippen molar-refractivity contribution in [3.05, 3.63) is 106 Å². The lowest BCUT2D eigenvalue weighted by molar-refractivity contribution is 0.0698. The Morgan fingerprint density at radius 3 is 2.37 bits per heavy atom. The fraction of sp³-hybridized carbons (Fsp3) is 0.207. The molecule has 0 radical (unpaired) electrons. The van der Waals surface area contributed by atoms with E-state index in [-0.39, 0.29) is 11.6 Å². The largest absolute Gasteiger partial charge is 0.478 e. The summed E-state index contributed by atoms with van der Waals surface area (Å²) in [6, 6.07) is 13.9. The van der Waals surface area contributed by atoms with E-state index in [2.05, 4.69) is 11.9 Å². The van der Waals surface area contributed by atoms with Gasteiger partial charge in [0.05, 0.1) is 11.6 Å². The zero-order valence-corrected chi connectivity index (χ0v) is 20.5. The maximum absolute atomic E-state index is 13.9. The molecular formula is C29H29F2NO3. The summed E-state index contributed by atoms with van der Waals surface area (Å²) in [5.74, 6) is -1.98. The van der Waals surface area contributed by atoms with Crippen LogP contribution < -0.4 is 10.1 Å². The molecule has 3 aromatic rings. The lowest BCUT2D eigenvalue weighted by Gasteiger charge is -2.29. The van der Waals surface area contributed by atoms with Crippen LogP contribution in [-0.4, -0.2) is 11.1 Å². The van der Waals surface area contributed by atoms with Crippen molar-refractivity contribution < 1.29 is 23.4 Å². The highest BCUT2D eigenvalue weighted by Crippen LogP contribution is 2.45. The van der Waals surface area contributed by atoms with Crippen molar-refractivity contribution in [3.63, 3.8) is 0 Å². The molecule has 0 aromatic heterocycles. The number of carboxylic acids is 1. The van der Waals surface area contributed by atoms with E-state index in [0.717, 1.165) is 40.0 Å². The minimum absolute atomic E-state index is 0.161. The monoisotopic (exact) mass is 477 g/mol. The second-order valence-corrected chi connectivity index (χ2v) is 8.11. The van der Waals surface area contributed by atoms with Crippen LogP contribution in [0.3, 0.4) is 0 Å². The number of carboxylic acid groups (broad SMARTS) is 1. The molecule has 0 amide bonds. The highest BCUT2D eigenvalue weighted by molar-refractivity contribution is 5.94. The second-order valence-electron chi connectivity index (χ2n) is 8.11. The number of para-hydroxylation sites is 1. The summed E-state index contributed by atoms with van der Waals surface area (Å²) in [6.45, 7) is 13.9. The molecule has 2 N–H and O–H groups in total. The van der Waals surface area contributed by atoms with Gasteiger partial charge in [-0.1, -0.05) is 38.6 Å². The van der Waals surface area contributed by atoms with Crippen LogP contribution in [0.4, 0.5) is 14.5 Å². The molecule has 1 aliphatic heterocycles. The highest BCUT2D eigenvalue weighted by Gasteiger charge is 2.27. The van der Waals surface area contributed by atoms with Crippen LogP contribution in [0.1, 0.15) is 66.3 Å². The molecule has 4 rings (SSSR count). The van der Waals surface area contributed by atoms with Crippen LogP contribution in [0.15, 0.2) is 66.7 Å². The number of benzene rings is 3. The number of carbonyl (C=O) groups is 1. The number of hydrogen-bond acceptors (Lipinski definition) is 3. The molecule has 0 bridgehead atoms. The van der Waals surface area contributed by atoms with Crippen molar-refractivity contribution in [2.24, 2.45) is 0 Å². The molecule has 0 saturated carbocycles. The van der Waals surface area contributed by atoms with Crippen LogP contribution >= 0.6 is 0 Å². The minimum Gasteiger partial charge on any atom is -0.478 e. The molecular weight excluding hydrogens is 448 g/mol. The highest BCUT2D eigenvalue weighted by atomic mass is 19.2. The van der Waals surface area contributed by atoms with Gasteiger partial charge in [0.15, 0.2) is 11.6 Å². The summed E-state index contributed by atoms with van der Waals surface area (Å²) >= 11 is 0. The van der Waals surface area contributed by atoms with Crippen LogP contribution in [0.2, 0.25) is 0 Å². The first kappa shape index (κ1) is 25.7. The number of allylic oxidation sites excluding steroid dienone is 2. The zero-order chi connectivity index (χ0) is 25.9. The quantitative estimate of drug-likeness (QED) is 0.391. The molecule has 1 atom stereocenters. The molecule has 0 spiro atoms. The standard InChI is InChI=1S/C27H23F2NO3.C2H6/c1-14-11-20-15(2)16(3)25(18-9-10-22(28)23(29)13-18)33-26(20)21(12-14)17(4)30-24-8-6-5-7-19(24)27(31)32;1-2/h5-13,17,30H,2H2,1,3-4H3,(H,31,32);1-2H3. The molecule has 0 aliphatic carbocycles. The molecule has 1 heterocycles. The molecule has 0 fully saturated rings. The summed E-state index contributed by atoms with van der Waals surface area (Å²) < 4.78 is 33.7. The Morgan fingerprint density at radius 2 is 1.71 bits per heavy atom. The van der Waals surface area contributed by atoms with Crippen LogP contribution in [-0.2, 0) is 0 Å². The van der Waals surface area contributed by atoms with Gasteiger partial charge in [0.1, 0.15) is 11.5 Å². The first-order valence-corrected chi connectivity index (χ1v) is 11.4. The average Bonchev–Trinajstić information content (AvgIpc) is 2.84. The van der Waals surface area contributed by atoms with Crippen LogP contribution in [0.25, 0.3) is 11.3 Å². The van der Waals surface area contributed by atoms with E-state index in [9.17, 15) is 18.7 Å². The van der Waals surface area contributed by atoms with Crippen molar-refractivity contribution in [1.82, 2.24) is 0 Å². The van der Waals surface area contributed by atoms with Gasteiger partial charge in [0.25, 0.3) is 0 Å². The third-order valence-corrected chi connectivity index (χ3v) is 5.76. The molecule has 35 heavy (non-hydrogen) atoms. The van der Waals surface area contributed by atoms with Gasteiger partial charge in [0, 0.05) is 22.4 Å². The first-order valence-electron chi connectivity index (χ1n) is 11.4. The summed E-state index contributed by atoms with van der Waals surface area (Å²) in [7, 11) is 0. The van der Waals surface area contributed by atoms with E-state index < -0.39 is 17.6 Å². The van der Waals surface area contributed by atoms with Gasteiger partial charge in [-0.2, -0.15) is 0 Å². The average molecular weight is 478 g/mol. The number of rotatable bonds is 5. The van der Waals surface area contributed by atoms with Crippen molar-refractivity contribution in [1.29, 1.82) is 0 Å². The van der Waals surface area contributed by atoms with Gasteiger partial charge in [-0.3, -0.25) is 0 Å². The molecule has 182 valence electrons. The number of aromatic carboxylic acids is 1. The number of halogens is 2. The van der Waals surface area contributed by atoms with E-state index in [1.165, 1.54) is 12.1 Å². The van der Waals surface area contributed by atoms with Crippen LogP contribution in [0, 0.1) is 18.6 Å². The molecule has 1 aliphatic rings. The number of fused-ring (bicyclic) bond motifs is 1. The third-order valence-electron chi connectivity index (χ3n) is 5.76. The normalized spacial score (nSPS) is 13.3. The third kappa shape index (κ3) is 5.11. The molecule has 3 aromatic carbocycles. The predicted molar refractivity (Wildman–Crippen MR) is 137 cm³/mol. The smallest absolute Gasteiger partial charge is 0.337 e. The van der Waals surface area contributed by atoms with E-state index in [0.29, 0.717) is 22.8 Å². The Hall–Kier alpha value is -3.93. The van der Waals surface area contributed by atoms with Gasteiger partial charge in [-0.05, 0) is 73.9 Å². The van der Waals surface area contributed by atoms with E-state index >= 15 is 0 Å². The van der Waals surface area contributed by atoms with Gasteiger partial charge >= 0.3 is 5.97 Å². The molecule has 0 saturated heterocycles. The molecule has 6 heteroatoms. The van der Waals surface area contributed by atoms with Crippen LogP contribution in [0.5, 0.6) is 5.75 Å². The van der Waals surface area contributed by atoms with Gasteiger partial charge in [-0.25, -0.2) is 13.6 Å². The Bertz CT molecular complexity index is 1330. The van der Waals surface area contributed by atoms with E-state index in [1.807, 2.05) is 46.8 Å². The number of nitrogens with one attached hydrogen (secondary N) is 1. The number of aryl methyl sites for hydroxylation is 1. The Balaban J connectivity index is 0.00000167.